The summed E-state index contributed by atoms with van der Waals surface area (Å²) < 4.78 is 11.0. The van der Waals surface area contributed by atoms with E-state index in [9.17, 15) is 4.79 Å². The molecule has 0 spiro atoms. The minimum atomic E-state index is 0.0658. The summed E-state index contributed by atoms with van der Waals surface area (Å²) in [4.78, 5) is 14.2. The highest BCUT2D eigenvalue weighted by molar-refractivity contribution is 5.78. The Bertz CT molecular complexity index is 891. The number of amides is 1. The van der Waals surface area contributed by atoms with Gasteiger partial charge in [-0.05, 0) is 28.8 Å². The summed E-state index contributed by atoms with van der Waals surface area (Å²) in [5.74, 6) is 1.44. The molecule has 0 bridgehead atoms. The first-order chi connectivity index (χ1) is 13.7. The van der Waals surface area contributed by atoms with E-state index in [0.29, 0.717) is 31.1 Å². The molecule has 4 heteroatoms. The van der Waals surface area contributed by atoms with Crippen LogP contribution in [0.25, 0.3) is 11.1 Å². The van der Waals surface area contributed by atoms with E-state index in [1.165, 1.54) is 5.56 Å². The largest absolute Gasteiger partial charge is 0.493 e. The lowest BCUT2D eigenvalue weighted by Gasteiger charge is -2.18. The van der Waals surface area contributed by atoms with Crippen molar-refractivity contribution in [3.63, 3.8) is 0 Å². The number of benzene rings is 3. The molecule has 0 unspecified atom stereocenters. The maximum atomic E-state index is 12.5. The van der Waals surface area contributed by atoms with Crippen LogP contribution in [0, 0.1) is 0 Å². The molecule has 4 nitrogen and oxygen atoms in total. The first-order valence-corrected chi connectivity index (χ1v) is 9.31. The minimum absolute atomic E-state index is 0.0658. The Morgan fingerprint density at radius 1 is 0.821 bits per heavy atom. The van der Waals surface area contributed by atoms with E-state index in [2.05, 4.69) is 24.3 Å². The standard InChI is InChI=1S/C24H25NO3/c1-25(16-17-28-23-11-7-6-10-22(23)27-2)24(26)18-19-12-14-21(15-13-19)20-8-4-3-5-9-20/h3-15H,16-18H2,1-2H3. The Kier molecular flexibility index (Phi) is 6.68. The zero-order valence-electron chi connectivity index (χ0n) is 16.3. The predicted octanol–water partition coefficient (Wildman–Crippen LogP) is 4.44. The van der Waals surface area contributed by atoms with E-state index in [1.54, 1.807) is 19.1 Å². The first kappa shape index (κ1) is 19.5. The SMILES string of the molecule is COc1ccccc1OCCN(C)C(=O)Cc1ccc(-c2ccccc2)cc1. The van der Waals surface area contributed by atoms with Gasteiger partial charge in [-0.1, -0.05) is 66.7 Å². The van der Waals surface area contributed by atoms with Crippen molar-refractivity contribution in [2.45, 2.75) is 6.42 Å². The molecule has 0 N–H and O–H groups in total. The summed E-state index contributed by atoms with van der Waals surface area (Å²) in [6, 6.07) is 25.8. The molecule has 3 aromatic carbocycles. The van der Waals surface area contributed by atoms with Gasteiger partial charge in [0.05, 0.1) is 20.1 Å². The van der Waals surface area contributed by atoms with Gasteiger partial charge in [-0.15, -0.1) is 0 Å². The molecular formula is C24H25NO3. The molecule has 0 aromatic heterocycles. The van der Waals surface area contributed by atoms with Crippen molar-refractivity contribution in [3.05, 3.63) is 84.4 Å². The molecule has 0 heterocycles. The van der Waals surface area contributed by atoms with Gasteiger partial charge in [0, 0.05) is 7.05 Å². The van der Waals surface area contributed by atoms with Crippen LogP contribution in [0.2, 0.25) is 0 Å². The van der Waals surface area contributed by atoms with E-state index in [4.69, 9.17) is 9.47 Å². The van der Waals surface area contributed by atoms with Crippen LogP contribution in [0.3, 0.4) is 0 Å². The number of hydrogen-bond acceptors (Lipinski definition) is 3. The Balaban J connectivity index is 1.50. The van der Waals surface area contributed by atoms with Gasteiger partial charge in [-0.25, -0.2) is 0 Å². The molecule has 0 fully saturated rings. The van der Waals surface area contributed by atoms with Crippen molar-refractivity contribution in [1.82, 2.24) is 4.90 Å². The molecule has 144 valence electrons. The molecule has 0 saturated carbocycles. The molecule has 0 atom stereocenters. The molecule has 1 amide bonds. The van der Waals surface area contributed by atoms with Crippen LogP contribution in [0.4, 0.5) is 0 Å². The molecule has 0 radical (unpaired) electrons. The van der Waals surface area contributed by atoms with Crippen molar-refractivity contribution in [2.24, 2.45) is 0 Å². The molecule has 3 rings (SSSR count). The summed E-state index contributed by atoms with van der Waals surface area (Å²) >= 11 is 0. The van der Waals surface area contributed by atoms with Crippen molar-refractivity contribution >= 4 is 5.91 Å². The average molecular weight is 375 g/mol. The maximum Gasteiger partial charge on any atom is 0.226 e. The van der Waals surface area contributed by atoms with Crippen LogP contribution in [0.15, 0.2) is 78.9 Å². The zero-order chi connectivity index (χ0) is 19.8. The maximum absolute atomic E-state index is 12.5. The molecule has 28 heavy (non-hydrogen) atoms. The monoisotopic (exact) mass is 375 g/mol. The quantitative estimate of drug-likeness (QED) is 0.584. The Labute approximate surface area is 166 Å². The number of rotatable bonds is 8. The number of carbonyl (C=O) groups excluding carboxylic acids is 1. The van der Waals surface area contributed by atoms with Gasteiger partial charge >= 0.3 is 0 Å². The number of likely N-dealkylation sites (N-methyl/N-ethyl adjacent to an activating group) is 1. The number of ether oxygens (including phenoxy) is 2. The van der Waals surface area contributed by atoms with Crippen LogP contribution in [0.5, 0.6) is 11.5 Å². The molecule has 0 aliphatic carbocycles. The second kappa shape index (κ2) is 9.60. The summed E-state index contributed by atoms with van der Waals surface area (Å²) in [6.07, 6.45) is 0.375. The number of nitrogens with zero attached hydrogens (tertiary/aromatic N) is 1. The Morgan fingerprint density at radius 3 is 2.11 bits per heavy atom. The number of hydrogen-bond donors (Lipinski definition) is 0. The highest BCUT2D eigenvalue weighted by Crippen LogP contribution is 2.25. The topological polar surface area (TPSA) is 38.8 Å². The summed E-state index contributed by atoms with van der Waals surface area (Å²) in [6.45, 7) is 0.925. The van der Waals surface area contributed by atoms with E-state index in [-0.39, 0.29) is 5.91 Å². The van der Waals surface area contributed by atoms with Crippen LogP contribution in [-0.2, 0) is 11.2 Å². The molecule has 3 aromatic rings. The van der Waals surface area contributed by atoms with E-state index >= 15 is 0 Å². The van der Waals surface area contributed by atoms with Crippen molar-refractivity contribution in [2.75, 3.05) is 27.3 Å². The summed E-state index contributed by atoms with van der Waals surface area (Å²) in [5.41, 5.74) is 3.32. The van der Waals surface area contributed by atoms with Crippen LogP contribution < -0.4 is 9.47 Å². The lowest BCUT2D eigenvalue weighted by molar-refractivity contribution is -0.129. The van der Waals surface area contributed by atoms with Crippen LogP contribution in [-0.4, -0.2) is 38.1 Å². The van der Waals surface area contributed by atoms with Crippen molar-refractivity contribution < 1.29 is 14.3 Å². The number of para-hydroxylation sites is 2. The van der Waals surface area contributed by atoms with E-state index in [0.717, 1.165) is 11.1 Å². The third-order valence-electron chi connectivity index (χ3n) is 4.60. The van der Waals surface area contributed by atoms with Gasteiger partial charge in [0.25, 0.3) is 0 Å². The normalized spacial score (nSPS) is 10.4. The second-order valence-electron chi connectivity index (χ2n) is 6.55. The fourth-order valence-electron chi connectivity index (χ4n) is 2.91. The number of methoxy groups -OCH3 is 1. The summed E-state index contributed by atoms with van der Waals surface area (Å²) in [7, 11) is 3.41. The molecule has 0 aliphatic heterocycles. The van der Waals surface area contributed by atoms with Crippen LogP contribution in [0.1, 0.15) is 5.56 Å². The van der Waals surface area contributed by atoms with Gasteiger partial charge in [0.2, 0.25) is 5.91 Å². The van der Waals surface area contributed by atoms with Gasteiger partial charge in [-0.2, -0.15) is 0 Å². The van der Waals surface area contributed by atoms with Gasteiger partial charge in [0.1, 0.15) is 6.61 Å². The van der Waals surface area contributed by atoms with Gasteiger partial charge in [0.15, 0.2) is 11.5 Å². The lowest BCUT2D eigenvalue weighted by Crippen LogP contribution is -2.32. The zero-order valence-corrected chi connectivity index (χ0v) is 16.3. The third-order valence-corrected chi connectivity index (χ3v) is 4.60. The second-order valence-corrected chi connectivity index (χ2v) is 6.55. The lowest BCUT2D eigenvalue weighted by atomic mass is 10.0. The molecule has 0 aliphatic rings. The smallest absolute Gasteiger partial charge is 0.226 e. The van der Waals surface area contributed by atoms with E-state index in [1.807, 2.05) is 54.6 Å². The van der Waals surface area contributed by atoms with Crippen molar-refractivity contribution in [3.8, 4) is 22.6 Å². The first-order valence-electron chi connectivity index (χ1n) is 9.31. The molecular weight excluding hydrogens is 350 g/mol. The highest BCUT2D eigenvalue weighted by atomic mass is 16.5. The number of carbonyl (C=O) groups is 1. The summed E-state index contributed by atoms with van der Waals surface area (Å²) in [5, 5.41) is 0. The van der Waals surface area contributed by atoms with Gasteiger partial charge < -0.3 is 14.4 Å². The molecule has 0 saturated heterocycles. The fraction of sp³-hybridized carbons (Fsp3) is 0.208. The predicted molar refractivity (Wildman–Crippen MR) is 112 cm³/mol. The highest BCUT2D eigenvalue weighted by Gasteiger charge is 2.11. The third kappa shape index (κ3) is 5.13. The Morgan fingerprint density at radius 2 is 1.43 bits per heavy atom. The van der Waals surface area contributed by atoms with E-state index < -0.39 is 0 Å². The Hall–Kier alpha value is -3.27. The fourth-order valence-corrected chi connectivity index (χ4v) is 2.91. The van der Waals surface area contributed by atoms with Gasteiger partial charge in [-0.3, -0.25) is 4.79 Å². The van der Waals surface area contributed by atoms with Crippen LogP contribution >= 0.6 is 0 Å². The average Bonchev–Trinajstić information content (AvgIpc) is 2.75. The minimum Gasteiger partial charge on any atom is -0.493 e. The van der Waals surface area contributed by atoms with Crippen molar-refractivity contribution in [1.29, 1.82) is 0 Å².